The third-order valence-corrected chi connectivity index (χ3v) is 14.4. The summed E-state index contributed by atoms with van der Waals surface area (Å²) in [6, 6.07) is 0. The Hall–Kier alpha value is -0.890. The Balaban J connectivity index is 0.00000329. The molecule has 5 saturated carbocycles. The molecule has 0 bridgehead atoms. The summed E-state index contributed by atoms with van der Waals surface area (Å²) >= 11 is 0. The van der Waals surface area contributed by atoms with E-state index in [1.807, 2.05) is 0 Å². The molecule has 0 aromatic heterocycles. The number of morpholine rings is 1. The lowest BCUT2D eigenvalue weighted by molar-refractivity contribution is -0.232. The van der Waals surface area contributed by atoms with E-state index in [1.54, 1.807) is 14.1 Å². The first-order chi connectivity index (χ1) is 19.9. The van der Waals surface area contributed by atoms with E-state index in [4.69, 9.17) is 18.9 Å². The van der Waals surface area contributed by atoms with Crippen LogP contribution in [0.5, 0.6) is 0 Å². The average Bonchev–Trinajstić information content (AvgIpc) is 3.53. The SMILES string of the molecule is CC(C)[C@@H](OC(=O)N(C)C)C1CCC2C(CC3C4CCC5C(C)(C)[C@@H](OC6CNCCO6)CC[C@@]56C[C@@]46CC[C@]23C)O1.[HH]. The summed E-state index contributed by atoms with van der Waals surface area (Å²) in [5.41, 5.74) is 1.63. The Morgan fingerprint density at radius 3 is 2.48 bits per heavy atom. The molecule has 0 aromatic rings. The summed E-state index contributed by atoms with van der Waals surface area (Å²) in [5.74, 6) is 3.24. The molecule has 0 radical (unpaired) electrons. The van der Waals surface area contributed by atoms with Crippen molar-refractivity contribution in [2.45, 2.75) is 130 Å². The topological polar surface area (TPSA) is 69.3 Å². The Morgan fingerprint density at radius 1 is 0.976 bits per heavy atom. The second kappa shape index (κ2) is 10.3. The van der Waals surface area contributed by atoms with Gasteiger partial charge in [-0.05, 0) is 115 Å². The number of rotatable bonds is 5. The molecule has 7 heteroatoms. The van der Waals surface area contributed by atoms with Crippen LogP contribution in [-0.4, -0.2) is 75.5 Å². The van der Waals surface area contributed by atoms with Crippen LogP contribution >= 0.6 is 0 Å². The average molecular weight is 589 g/mol. The molecule has 2 aliphatic heterocycles. The summed E-state index contributed by atoms with van der Waals surface area (Å²) in [4.78, 5) is 14.0. The Morgan fingerprint density at radius 2 is 1.76 bits per heavy atom. The van der Waals surface area contributed by atoms with Crippen LogP contribution < -0.4 is 5.32 Å². The Bertz CT molecular complexity index is 1050. The van der Waals surface area contributed by atoms with Crippen molar-refractivity contribution in [3.8, 4) is 0 Å². The van der Waals surface area contributed by atoms with Crippen molar-refractivity contribution < 1.29 is 25.2 Å². The van der Waals surface area contributed by atoms with Gasteiger partial charge in [0.05, 0.1) is 24.9 Å². The smallest absolute Gasteiger partial charge is 0.409 e. The summed E-state index contributed by atoms with van der Waals surface area (Å²) in [6.45, 7) is 14.5. The van der Waals surface area contributed by atoms with Gasteiger partial charge in [-0.25, -0.2) is 4.79 Å². The van der Waals surface area contributed by atoms with Gasteiger partial charge in [-0.1, -0.05) is 34.6 Å². The summed E-state index contributed by atoms with van der Waals surface area (Å²) in [7, 11) is 3.52. The molecule has 42 heavy (non-hydrogen) atoms. The minimum Gasteiger partial charge on any atom is -0.443 e. The largest absolute Gasteiger partial charge is 0.443 e. The van der Waals surface area contributed by atoms with Crippen molar-refractivity contribution in [3.05, 3.63) is 0 Å². The minimum atomic E-state index is -0.254. The predicted octanol–water partition coefficient (Wildman–Crippen LogP) is 6.49. The van der Waals surface area contributed by atoms with E-state index >= 15 is 0 Å². The lowest BCUT2D eigenvalue weighted by Gasteiger charge is -2.60. The molecule has 7 unspecified atom stereocenters. The molecule has 7 aliphatic rings. The second-order valence-corrected chi connectivity index (χ2v) is 16.9. The highest BCUT2D eigenvalue weighted by Crippen LogP contribution is 2.87. The number of amides is 1. The quantitative estimate of drug-likeness (QED) is 0.396. The maximum absolute atomic E-state index is 12.5. The molecule has 7 nitrogen and oxygen atoms in total. The zero-order valence-corrected chi connectivity index (χ0v) is 27.5. The van der Waals surface area contributed by atoms with Crippen molar-refractivity contribution in [2.24, 2.45) is 51.2 Å². The number of hydrogen-bond donors (Lipinski definition) is 1. The highest BCUT2D eigenvalue weighted by Gasteiger charge is 2.80. The van der Waals surface area contributed by atoms with Gasteiger partial charge in [0.15, 0.2) is 6.29 Å². The van der Waals surface area contributed by atoms with Crippen LogP contribution in [0.1, 0.15) is 100 Å². The van der Waals surface area contributed by atoms with Gasteiger partial charge in [0.25, 0.3) is 0 Å². The van der Waals surface area contributed by atoms with E-state index in [-0.39, 0.29) is 43.5 Å². The summed E-state index contributed by atoms with van der Waals surface area (Å²) in [5, 5.41) is 3.45. The van der Waals surface area contributed by atoms with E-state index in [9.17, 15) is 4.79 Å². The maximum Gasteiger partial charge on any atom is 0.409 e. The van der Waals surface area contributed by atoms with Gasteiger partial charge in [0.1, 0.15) is 6.10 Å². The number of nitrogens with zero attached hydrogens (tertiary/aromatic N) is 1. The minimum absolute atomic E-state index is 0. The van der Waals surface area contributed by atoms with Gasteiger partial charge in [-0.3, -0.25) is 0 Å². The second-order valence-electron chi connectivity index (χ2n) is 16.9. The normalized spacial score (nSPS) is 49.5. The van der Waals surface area contributed by atoms with Crippen LogP contribution in [0, 0.1) is 51.2 Å². The molecule has 0 aromatic carbocycles. The fraction of sp³-hybridized carbons (Fsp3) is 0.971. The number of carbonyl (C=O) groups excluding carboxylic acids is 1. The van der Waals surface area contributed by atoms with Crippen molar-refractivity contribution in [1.82, 2.24) is 10.2 Å². The molecule has 240 valence electrons. The van der Waals surface area contributed by atoms with Crippen LogP contribution in [-0.2, 0) is 18.9 Å². The molecule has 7 rings (SSSR count). The fourth-order valence-corrected chi connectivity index (χ4v) is 12.4. The summed E-state index contributed by atoms with van der Waals surface area (Å²) < 4.78 is 25.6. The van der Waals surface area contributed by atoms with Crippen LogP contribution in [0.2, 0.25) is 0 Å². The first kappa shape index (κ1) is 29.8. The first-order valence-corrected chi connectivity index (χ1v) is 17.4. The van der Waals surface area contributed by atoms with Crippen LogP contribution in [0.4, 0.5) is 4.79 Å². The monoisotopic (exact) mass is 588 g/mol. The molecule has 2 heterocycles. The van der Waals surface area contributed by atoms with E-state index in [2.05, 4.69) is 39.9 Å². The van der Waals surface area contributed by atoms with Crippen molar-refractivity contribution in [1.29, 1.82) is 0 Å². The molecule has 7 fully saturated rings. The van der Waals surface area contributed by atoms with Gasteiger partial charge >= 0.3 is 6.09 Å². The maximum atomic E-state index is 12.5. The van der Waals surface area contributed by atoms with Crippen LogP contribution in [0.15, 0.2) is 0 Å². The molecule has 5 aliphatic carbocycles. The highest BCUT2D eigenvalue weighted by atomic mass is 16.7. The molecule has 1 amide bonds. The number of ether oxygens (including phenoxy) is 4. The van der Waals surface area contributed by atoms with E-state index < -0.39 is 0 Å². The number of carbonyl (C=O) groups is 1. The van der Waals surface area contributed by atoms with Crippen molar-refractivity contribution in [3.63, 3.8) is 0 Å². The fourth-order valence-electron chi connectivity index (χ4n) is 12.4. The molecule has 2 saturated heterocycles. The Kier molecular flexibility index (Phi) is 7.32. The lowest BCUT2D eigenvalue weighted by Crippen LogP contribution is -2.56. The molecule has 2 spiro atoms. The van der Waals surface area contributed by atoms with Gasteiger partial charge in [-0.2, -0.15) is 0 Å². The van der Waals surface area contributed by atoms with E-state index in [0.717, 1.165) is 43.9 Å². The van der Waals surface area contributed by atoms with Crippen LogP contribution in [0.3, 0.4) is 0 Å². The zero-order valence-electron chi connectivity index (χ0n) is 27.5. The lowest BCUT2D eigenvalue weighted by atomic mass is 9.46. The Labute approximate surface area is 256 Å². The highest BCUT2D eigenvalue weighted by molar-refractivity contribution is 5.67. The van der Waals surface area contributed by atoms with Gasteiger partial charge < -0.3 is 29.2 Å². The zero-order chi connectivity index (χ0) is 29.7. The summed E-state index contributed by atoms with van der Waals surface area (Å²) in [6.07, 6.45) is 13.0. The van der Waals surface area contributed by atoms with Crippen molar-refractivity contribution in [2.75, 3.05) is 33.8 Å². The van der Waals surface area contributed by atoms with E-state index in [0.29, 0.717) is 28.3 Å². The number of nitrogens with one attached hydrogen (secondary N) is 1. The predicted molar refractivity (Wildman–Crippen MR) is 164 cm³/mol. The molecule has 12 atom stereocenters. The number of fused-ring (bicyclic) bond motifs is 4. The number of hydrogen-bond acceptors (Lipinski definition) is 6. The standard InChI is InChI=1S/C35H58N2O5.H2/c1-21(2)30(42-31(38)37(6)7)25-10-8-23-26(40-25)18-24-22-9-11-27-32(3,4)28(41-29-19-36-16-17-39-29)12-13-35(27)20-34(22,35)15-14-33(23,24)5;/h21-30,36H,8-20H2,1-7H3;1H/t22?,23?,24?,25?,26?,27?,28-,29?,30+,33+,34-,35+;/m0./s1. The van der Waals surface area contributed by atoms with Gasteiger partial charge in [-0.15, -0.1) is 0 Å². The van der Waals surface area contributed by atoms with Crippen LogP contribution in [0.25, 0.3) is 0 Å². The van der Waals surface area contributed by atoms with Gasteiger partial charge in [0, 0.05) is 28.6 Å². The molecular formula is C35H60N2O5. The van der Waals surface area contributed by atoms with Crippen molar-refractivity contribution >= 4 is 6.09 Å². The molecule has 1 N–H and O–H groups in total. The first-order valence-electron chi connectivity index (χ1n) is 17.4. The molecular weight excluding hydrogens is 528 g/mol. The van der Waals surface area contributed by atoms with Gasteiger partial charge in [0.2, 0.25) is 0 Å². The third-order valence-electron chi connectivity index (χ3n) is 14.4. The third kappa shape index (κ3) is 4.29. The van der Waals surface area contributed by atoms with E-state index in [1.165, 1.54) is 62.7 Å².